The largest absolute Gasteiger partial charge is 0.454 e. The monoisotopic (exact) mass is 307 g/mol. The molecule has 0 fully saturated rings. The average Bonchev–Trinajstić information content (AvgIpc) is 2.34. The molecule has 2 rings (SSSR count). The molecule has 0 amide bonds. The highest BCUT2D eigenvalue weighted by Gasteiger charge is 2.07. The fraction of sp³-hybridized carbons (Fsp3) is 0.154. The molecule has 5 heteroatoms. The first-order chi connectivity index (χ1) is 8.58. The van der Waals surface area contributed by atoms with E-state index >= 15 is 0 Å². The summed E-state index contributed by atoms with van der Waals surface area (Å²) in [7, 11) is 3.94. The lowest BCUT2D eigenvalue weighted by molar-refractivity contribution is 0.481. The second kappa shape index (κ2) is 5.27. The van der Waals surface area contributed by atoms with Crippen LogP contribution in [0.3, 0.4) is 0 Å². The molecule has 18 heavy (non-hydrogen) atoms. The van der Waals surface area contributed by atoms with Crippen LogP contribution in [0.5, 0.6) is 11.5 Å². The number of nitrogens with two attached hydrogens (primary N) is 1. The predicted molar refractivity (Wildman–Crippen MR) is 77.2 cm³/mol. The van der Waals surface area contributed by atoms with Crippen LogP contribution in [-0.2, 0) is 0 Å². The zero-order valence-electron chi connectivity index (χ0n) is 10.2. The molecule has 0 spiro atoms. The Morgan fingerprint density at radius 1 is 1.22 bits per heavy atom. The van der Waals surface area contributed by atoms with Crippen molar-refractivity contribution in [1.82, 2.24) is 4.98 Å². The van der Waals surface area contributed by atoms with Crippen molar-refractivity contribution in [1.29, 1.82) is 0 Å². The minimum atomic E-state index is 0.601. The summed E-state index contributed by atoms with van der Waals surface area (Å²) in [5.74, 6) is 1.32. The maximum atomic E-state index is 5.91. The Labute approximate surface area is 115 Å². The number of pyridine rings is 1. The van der Waals surface area contributed by atoms with Crippen molar-refractivity contribution in [3.63, 3.8) is 0 Å². The summed E-state index contributed by atoms with van der Waals surface area (Å²) in [6, 6.07) is 7.47. The van der Waals surface area contributed by atoms with E-state index in [1.807, 2.05) is 37.2 Å². The van der Waals surface area contributed by atoms with Gasteiger partial charge in [-0.1, -0.05) is 0 Å². The van der Waals surface area contributed by atoms with Crippen molar-refractivity contribution in [3.8, 4) is 11.5 Å². The molecule has 0 unspecified atom stereocenters. The Hall–Kier alpha value is -1.75. The first-order valence-electron chi connectivity index (χ1n) is 5.42. The molecule has 0 aliphatic rings. The number of ether oxygens (including phenoxy) is 1. The van der Waals surface area contributed by atoms with Crippen LogP contribution in [0, 0.1) is 0 Å². The van der Waals surface area contributed by atoms with Gasteiger partial charge in [0.25, 0.3) is 0 Å². The van der Waals surface area contributed by atoms with Gasteiger partial charge in [0.05, 0.1) is 10.2 Å². The smallest absolute Gasteiger partial charge is 0.152 e. The van der Waals surface area contributed by atoms with E-state index in [0.717, 1.165) is 10.2 Å². The van der Waals surface area contributed by atoms with Gasteiger partial charge in [0.2, 0.25) is 0 Å². The van der Waals surface area contributed by atoms with Gasteiger partial charge in [0.15, 0.2) is 5.75 Å². The Bertz CT molecular complexity index is 558. The van der Waals surface area contributed by atoms with E-state index in [2.05, 4.69) is 20.9 Å². The number of halogens is 1. The fourth-order valence-corrected chi connectivity index (χ4v) is 1.78. The van der Waals surface area contributed by atoms with Crippen LogP contribution in [0.15, 0.2) is 41.1 Å². The second-order valence-corrected chi connectivity index (χ2v) is 4.88. The van der Waals surface area contributed by atoms with Crippen molar-refractivity contribution in [2.75, 3.05) is 24.7 Å². The highest BCUT2D eigenvalue weighted by Crippen LogP contribution is 2.34. The minimum Gasteiger partial charge on any atom is -0.454 e. The third kappa shape index (κ3) is 2.73. The summed E-state index contributed by atoms with van der Waals surface area (Å²) < 4.78 is 6.58. The van der Waals surface area contributed by atoms with Gasteiger partial charge in [-0.2, -0.15) is 0 Å². The molecule has 0 atom stereocenters. The number of hydrogen-bond donors (Lipinski definition) is 1. The lowest BCUT2D eigenvalue weighted by atomic mass is 10.2. The SMILES string of the molecule is CN(C)c1ccc(N)c(Oc2ccncc2Br)c1. The number of anilines is 2. The Balaban J connectivity index is 2.34. The van der Waals surface area contributed by atoms with Crippen LogP contribution in [-0.4, -0.2) is 19.1 Å². The maximum absolute atomic E-state index is 5.91. The third-order valence-electron chi connectivity index (χ3n) is 2.47. The predicted octanol–water partition coefficient (Wildman–Crippen LogP) is 3.28. The van der Waals surface area contributed by atoms with Crippen LogP contribution >= 0.6 is 15.9 Å². The lowest BCUT2D eigenvalue weighted by Crippen LogP contribution is -2.08. The number of hydrogen-bond acceptors (Lipinski definition) is 4. The first-order valence-corrected chi connectivity index (χ1v) is 6.21. The van der Waals surface area contributed by atoms with Crippen LogP contribution in [0.25, 0.3) is 0 Å². The summed E-state index contributed by atoms with van der Waals surface area (Å²) in [5, 5.41) is 0. The second-order valence-electron chi connectivity index (χ2n) is 4.02. The van der Waals surface area contributed by atoms with Crippen molar-refractivity contribution < 1.29 is 4.74 Å². The lowest BCUT2D eigenvalue weighted by Gasteiger charge is -2.16. The molecule has 0 saturated heterocycles. The average molecular weight is 308 g/mol. The quantitative estimate of drug-likeness (QED) is 0.884. The van der Waals surface area contributed by atoms with Gasteiger partial charge in [-0.3, -0.25) is 4.98 Å². The van der Waals surface area contributed by atoms with E-state index in [-0.39, 0.29) is 0 Å². The van der Waals surface area contributed by atoms with Gasteiger partial charge in [0, 0.05) is 44.3 Å². The zero-order chi connectivity index (χ0) is 13.1. The summed E-state index contributed by atoms with van der Waals surface area (Å²) in [6.45, 7) is 0. The van der Waals surface area contributed by atoms with Crippen LogP contribution in [0.4, 0.5) is 11.4 Å². The Morgan fingerprint density at radius 2 is 2.00 bits per heavy atom. The van der Waals surface area contributed by atoms with Gasteiger partial charge >= 0.3 is 0 Å². The molecule has 2 N–H and O–H groups in total. The molecule has 4 nitrogen and oxygen atoms in total. The number of nitrogens with zero attached hydrogens (tertiary/aromatic N) is 2. The van der Waals surface area contributed by atoms with Crippen LogP contribution in [0.2, 0.25) is 0 Å². The normalized spacial score (nSPS) is 10.2. The molecule has 0 aliphatic carbocycles. The Morgan fingerprint density at radius 3 is 2.67 bits per heavy atom. The molecule has 0 bridgehead atoms. The number of benzene rings is 1. The summed E-state index contributed by atoms with van der Waals surface area (Å²) in [5.41, 5.74) is 7.55. The number of nitrogen functional groups attached to an aromatic ring is 1. The van der Waals surface area contributed by atoms with Gasteiger partial charge in [-0.25, -0.2) is 0 Å². The summed E-state index contributed by atoms with van der Waals surface area (Å²) >= 11 is 3.39. The molecular formula is C13H14BrN3O. The van der Waals surface area contributed by atoms with E-state index in [9.17, 15) is 0 Å². The van der Waals surface area contributed by atoms with E-state index in [0.29, 0.717) is 17.2 Å². The minimum absolute atomic E-state index is 0.601. The molecular weight excluding hydrogens is 294 g/mol. The molecule has 1 aromatic carbocycles. The van der Waals surface area contributed by atoms with Crippen LogP contribution < -0.4 is 15.4 Å². The third-order valence-corrected chi connectivity index (χ3v) is 3.06. The zero-order valence-corrected chi connectivity index (χ0v) is 11.8. The van der Waals surface area contributed by atoms with Crippen molar-refractivity contribution in [3.05, 3.63) is 41.1 Å². The molecule has 94 valence electrons. The van der Waals surface area contributed by atoms with E-state index in [4.69, 9.17) is 10.5 Å². The molecule has 0 aliphatic heterocycles. The molecule has 0 saturated carbocycles. The van der Waals surface area contributed by atoms with E-state index in [1.165, 1.54) is 0 Å². The highest BCUT2D eigenvalue weighted by atomic mass is 79.9. The van der Waals surface area contributed by atoms with Crippen LogP contribution in [0.1, 0.15) is 0 Å². The fourth-order valence-electron chi connectivity index (χ4n) is 1.45. The van der Waals surface area contributed by atoms with E-state index in [1.54, 1.807) is 18.5 Å². The molecule has 2 aromatic rings. The summed E-state index contributed by atoms with van der Waals surface area (Å²) in [4.78, 5) is 5.98. The van der Waals surface area contributed by atoms with Crippen molar-refractivity contribution >= 4 is 27.3 Å². The topological polar surface area (TPSA) is 51.4 Å². The molecule has 1 aromatic heterocycles. The van der Waals surface area contributed by atoms with Gasteiger partial charge in [0.1, 0.15) is 5.75 Å². The molecule has 1 heterocycles. The van der Waals surface area contributed by atoms with Gasteiger partial charge < -0.3 is 15.4 Å². The first kappa shape index (κ1) is 12.7. The standard InChI is InChI=1S/C13H14BrN3O/c1-17(2)9-3-4-11(15)13(7-9)18-12-5-6-16-8-10(12)14/h3-8H,15H2,1-2H3. The summed E-state index contributed by atoms with van der Waals surface area (Å²) in [6.07, 6.45) is 3.35. The van der Waals surface area contributed by atoms with Crippen molar-refractivity contribution in [2.24, 2.45) is 0 Å². The number of rotatable bonds is 3. The maximum Gasteiger partial charge on any atom is 0.152 e. The molecule has 0 radical (unpaired) electrons. The van der Waals surface area contributed by atoms with Gasteiger partial charge in [-0.05, 0) is 28.1 Å². The van der Waals surface area contributed by atoms with E-state index < -0.39 is 0 Å². The highest BCUT2D eigenvalue weighted by molar-refractivity contribution is 9.10. The number of aromatic nitrogens is 1. The van der Waals surface area contributed by atoms with Crippen molar-refractivity contribution in [2.45, 2.75) is 0 Å². The van der Waals surface area contributed by atoms with Gasteiger partial charge in [-0.15, -0.1) is 0 Å². The Kier molecular flexibility index (Phi) is 3.72.